The molecule has 0 aliphatic carbocycles. The predicted molar refractivity (Wildman–Crippen MR) is 77.7 cm³/mol. The van der Waals surface area contributed by atoms with Crippen molar-refractivity contribution in [3.05, 3.63) is 41.7 Å². The van der Waals surface area contributed by atoms with Gasteiger partial charge in [0.2, 0.25) is 0 Å². The van der Waals surface area contributed by atoms with Gasteiger partial charge in [0.25, 0.3) is 0 Å². The Morgan fingerprint density at radius 1 is 1.30 bits per heavy atom. The second kappa shape index (κ2) is 6.60. The van der Waals surface area contributed by atoms with Crippen LogP contribution in [0.2, 0.25) is 0 Å². The van der Waals surface area contributed by atoms with Gasteiger partial charge in [0.05, 0.1) is 12.8 Å². The van der Waals surface area contributed by atoms with Gasteiger partial charge < -0.3 is 10.1 Å². The third-order valence-corrected chi connectivity index (χ3v) is 2.82. The van der Waals surface area contributed by atoms with Crippen molar-refractivity contribution in [1.82, 2.24) is 10.2 Å². The Morgan fingerprint density at radius 2 is 2.00 bits per heavy atom. The maximum absolute atomic E-state index is 11.3. The number of nitrogens with one attached hydrogen (secondary N) is 3. The summed E-state index contributed by atoms with van der Waals surface area (Å²) in [4.78, 5) is 11.3. The van der Waals surface area contributed by atoms with Gasteiger partial charge in [-0.05, 0) is 38.1 Å². The minimum atomic E-state index is -0.442. The molecule has 0 aliphatic rings. The molecule has 2 rings (SSSR count). The van der Waals surface area contributed by atoms with Crippen molar-refractivity contribution in [2.45, 2.75) is 20.4 Å². The normalized spacial score (nSPS) is 10.1. The number of ether oxygens (including phenoxy) is 1. The number of hydrogen-bond acceptors (Lipinski definition) is 4. The van der Waals surface area contributed by atoms with E-state index in [1.807, 2.05) is 31.2 Å². The molecule has 0 atom stereocenters. The van der Waals surface area contributed by atoms with Crippen LogP contribution in [0.4, 0.5) is 16.2 Å². The molecular formula is C14H18N4O2. The number of rotatable bonds is 5. The number of amides is 1. The van der Waals surface area contributed by atoms with Crippen molar-refractivity contribution in [2.24, 2.45) is 0 Å². The fourth-order valence-electron chi connectivity index (χ4n) is 1.71. The van der Waals surface area contributed by atoms with Crippen LogP contribution in [0.15, 0.2) is 30.5 Å². The Labute approximate surface area is 117 Å². The first-order valence-corrected chi connectivity index (χ1v) is 6.45. The summed E-state index contributed by atoms with van der Waals surface area (Å²) in [5.41, 5.74) is 3.85. The fraction of sp³-hybridized carbons (Fsp3) is 0.286. The molecule has 1 aromatic heterocycles. The number of carbonyl (C=O) groups excluding carboxylic acids is 1. The molecule has 6 heteroatoms. The molecule has 3 N–H and O–H groups in total. The van der Waals surface area contributed by atoms with Crippen LogP contribution in [0.1, 0.15) is 18.2 Å². The van der Waals surface area contributed by atoms with E-state index in [9.17, 15) is 4.79 Å². The van der Waals surface area contributed by atoms with Crippen molar-refractivity contribution < 1.29 is 9.53 Å². The molecule has 0 unspecified atom stereocenters. The Kier molecular flexibility index (Phi) is 4.60. The molecule has 1 amide bonds. The van der Waals surface area contributed by atoms with Gasteiger partial charge in [0.15, 0.2) is 0 Å². The highest BCUT2D eigenvalue weighted by molar-refractivity contribution is 5.84. The van der Waals surface area contributed by atoms with Crippen molar-refractivity contribution in [2.75, 3.05) is 17.2 Å². The minimum absolute atomic E-state index is 0.357. The van der Waals surface area contributed by atoms with Crippen LogP contribution >= 0.6 is 0 Å². The van der Waals surface area contributed by atoms with E-state index < -0.39 is 6.09 Å². The molecule has 0 radical (unpaired) electrons. The van der Waals surface area contributed by atoms with Gasteiger partial charge in [-0.2, -0.15) is 5.10 Å². The predicted octanol–water partition coefficient (Wildman–Crippen LogP) is 2.90. The van der Waals surface area contributed by atoms with E-state index in [0.29, 0.717) is 18.8 Å². The number of nitrogens with zero attached hydrogens (tertiary/aromatic N) is 1. The van der Waals surface area contributed by atoms with E-state index in [2.05, 4.69) is 20.8 Å². The number of aryl methyl sites for hydroxylation is 1. The van der Waals surface area contributed by atoms with Crippen LogP contribution < -0.4 is 10.6 Å². The Bertz CT molecular complexity index is 563. The molecule has 6 nitrogen and oxygen atoms in total. The summed E-state index contributed by atoms with van der Waals surface area (Å²) in [6.07, 6.45) is 1.36. The number of anilines is 2. The number of carbonyl (C=O) groups is 1. The van der Waals surface area contributed by atoms with E-state index in [1.54, 1.807) is 13.1 Å². The molecular weight excluding hydrogens is 256 g/mol. The fourth-order valence-corrected chi connectivity index (χ4v) is 1.71. The van der Waals surface area contributed by atoms with Crippen molar-refractivity contribution in [3.8, 4) is 0 Å². The topological polar surface area (TPSA) is 79.0 Å². The first-order valence-electron chi connectivity index (χ1n) is 6.45. The van der Waals surface area contributed by atoms with Gasteiger partial charge in [0, 0.05) is 29.2 Å². The van der Waals surface area contributed by atoms with E-state index in [4.69, 9.17) is 4.74 Å². The average Bonchev–Trinajstić information content (AvgIpc) is 2.84. The summed E-state index contributed by atoms with van der Waals surface area (Å²) in [5, 5.41) is 12.8. The third kappa shape index (κ3) is 3.74. The van der Waals surface area contributed by atoms with E-state index in [1.165, 1.54) is 0 Å². The molecule has 2 aromatic rings. The number of aromatic amines is 1. The van der Waals surface area contributed by atoms with Crippen LogP contribution in [-0.2, 0) is 11.3 Å². The highest BCUT2D eigenvalue weighted by Crippen LogP contribution is 2.15. The molecule has 0 saturated heterocycles. The van der Waals surface area contributed by atoms with Gasteiger partial charge in [0.1, 0.15) is 0 Å². The maximum Gasteiger partial charge on any atom is 0.411 e. The summed E-state index contributed by atoms with van der Waals surface area (Å²) < 4.78 is 4.81. The smallest absolute Gasteiger partial charge is 0.411 e. The standard InChI is InChI=1S/C14H18N4O2/c1-3-20-14(19)17-13-6-4-12(5-7-13)15-8-11-9-16-18-10(11)2/h4-7,9,15H,3,8H2,1-2H3,(H,16,18)(H,17,19). The number of hydrogen-bond donors (Lipinski definition) is 3. The Hall–Kier alpha value is -2.50. The summed E-state index contributed by atoms with van der Waals surface area (Å²) in [6.45, 7) is 4.81. The van der Waals surface area contributed by atoms with Crippen LogP contribution in [0.3, 0.4) is 0 Å². The lowest BCUT2D eigenvalue weighted by Crippen LogP contribution is -2.13. The summed E-state index contributed by atoms with van der Waals surface area (Å²) in [5.74, 6) is 0. The van der Waals surface area contributed by atoms with E-state index in [0.717, 1.165) is 16.9 Å². The summed E-state index contributed by atoms with van der Waals surface area (Å²) in [6, 6.07) is 7.44. The number of H-pyrrole nitrogens is 1. The van der Waals surface area contributed by atoms with Crippen LogP contribution in [0.25, 0.3) is 0 Å². The van der Waals surface area contributed by atoms with Gasteiger partial charge in [-0.3, -0.25) is 10.4 Å². The van der Waals surface area contributed by atoms with Crippen LogP contribution in [0.5, 0.6) is 0 Å². The quantitative estimate of drug-likeness (QED) is 0.783. The molecule has 20 heavy (non-hydrogen) atoms. The maximum atomic E-state index is 11.3. The lowest BCUT2D eigenvalue weighted by atomic mass is 10.2. The first kappa shape index (κ1) is 13.9. The highest BCUT2D eigenvalue weighted by Gasteiger charge is 2.02. The molecule has 106 valence electrons. The second-order valence-corrected chi connectivity index (χ2v) is 4.30. The van der Waals surface area contributed by atoms with Crippen LogP contribution in [-0.4, -0.2) is 22.9 Å². The van der Waals surface area contributed by atoms with Crippen molar-refractivity contribution in [3.63, 3.8) is 0 Å². The SMILES string of the molecule is CCOC(=O)Nc1ccc(NCc2cn[nH]c2C)cc1. The minimum Gasteiger partial charge on any atom is -0.450 e. The van der Waals surface area contributed by atoms with E-state index in [-0.39, 0.29) is 0 Å². The highest BCUT2D eigenvalue weighted by atomic mass is 16.5. The largest absolute Gasteiger partial charge is 0.450 e. The summed E-state index contributed by atoms with van der Waals surface area (Å²) >= 11 is 0. The van der Waals surface area contributed by atoms with Gasteiger partial charge in [-0.15, -0.1) is 0 Å². The molecule has 0 fully saturated rings. The lowest BCUT2D eigenvalue weighted by Gasteiger charge is -2.08. The zero-order valence-corrected chi connectivity index (χ0v) is 11.6. The average molecular weight is 274 g/mol. The molecule has 1 aromatic carbocycles. The van der Waals surface area contributed by atoms with Gasteiger partial charge in [-0.1, -0.05) is 0 Å². The lowest BCUT2D eigenvalue weighted by molar-refractivity contribution is 0.168. The van der Waals surface area contributed by atoms with E-state index >= 15 is 0 Å². The van der Waals surface area contributed by atoms with Crippen molar-refractivity contribution >= 4 is 17.5 Å². The van der Waals surface area contributed by atoms with Gasteiger partial charge in [-0.25, -0.2) is 4.79 Å². The van der Waals surface area contributed by atoms with Crippen LogP contribution in [0, 0.1) is 6.92 Å². The Morgan fingerprint density at radius 3 is 2.60 bits per heavy atom. The second-order valence-electron chi connectivity index (χ2n) is 4.30. The molecule has 0 bridgehead atoms. The molecule has 0 aliphatic heterocycles. The number of benzene rings is 1. The zero-order chi connectivity index (χ0) is 14.4. The summed E-state index contributed by atoms with van der Waals surface area (Å²) in [7, 11) is 0. The van der Waals surface area contributed by atoms with Gasteiger partial charge >= 0.3 is 6.09 Å². The van der Waals surface area contributed by atoms with Crippen molar-refractivity contribution in [1.29, 1.82) is 0 Å². The number of aromatic nitrogens is 2. The third-order valence-electron chi connectivity index (χ3n) is 2.82. The molecule has 0 spiro atoms. The molecule has 1 heterocycles. The molecule has 0 saturated carbocycles. The first-order chi connectivity index (χ1) is 9.69. The Balaban J connectivity index is 1.88. The monoisotopic (exact) mass is 274 g/mol. The zero-order valence-electron chi connectivity index (χ0n) is 11.6.